The van der Waals surface area contributed by atoms with Gasteiger partial charge in [-0.15, -0.1) is 0 Å². The summed E-state index contributed by atoms with van der Waals surface area (Å²) in [6, 6.07) is 31.3. The summed E-state index contributed by atoms with van der Waals surface area (Å²) >= 11 is 0. The zero-order valence-corrected chi connectivity index (χ0v) is 17.4. The number of hydrogen-bond acceptors (Lipinski definition) is 0. The molecule has 0 saturated heterocycles. The summed E-state index contributed by atoms with van der Waals surface area (Å²) < 4.78 is 4.82. The Morgan fingerprint density at radius 1 is 0.516 bits per heavy atom. The van der Waals surface area contributed by atoms with E-state index >= 15 is 0 Å². The van der Waals surface area contributed by atoms with Crippen LogP contribution in [0.25, 0.3) is 54.7 Å². The summed E-state index contributed by atoms with van der Waals surface area (Å²) in [5.41, 5.74) is 7.80. The van der Waals surface area contributed by atoms with Crippen LogP contribution in [-0.2, 0) is 13.1 Å². The molecule has 6 aromatic rings. The molecule has 2 heterocycles. The average molecular weight is 407 g/mol. The zero-order chi connectivity index (χ0) is 20.2. The molecule has 0 atom stereocenters. The van der Waals surface area contributed by atoms with E-state index in [1.165, 1.54) is 54.7 Å². The van der Waals surface area contributed by atoms with Gasteiger partial charge in [0.1, 0.15) is 0 Å². The van der Waals surface area contributed by atoms with Crippen molar-refractivity contribution in [2.45, 2.75) is 34.4 Å². The first kappa shape index (κ1) is 19.4. The van der Waals surface area contributed by atoms with Crippen molar-refractivity contribution in [1.29, 1.82) is 0 Å². The van der Waals surface area contributed by atoms with Gasteiger partial charge in [0.15, 0.2) is 0 Å². The summed E-state index contributed by atoms with van der Waals surface area (Å²) in [4.78, 5) is 0. The molecule has 0 bridgehead atoms. The molecule has 31 heavy (non-hydrogen) atoms. The Morgan fingerprint density at radius 2 is 0.903 bits per heavy atom. The Labute approximate surface area is 184 Å². The third-order valence-electron chi connectivity index (χ3n) is 6.51. The number of nitrogens with zero attached hydrogens (tertiary/aromatic N) is 2. The molecule has 0 unspecified atom stereocenters. The van der Waals surface area contributed by atoms with E-state index < -0.39 is 0 Å². The van der Waals surface area contributed by atoms with E-state index in [1.54, 1.807) is 0 Å². The number of aromatic nitrogens is 2. The molecule has 0 aliphatic heterocycles. The second-order valence-electron chi connectivity index (χ2n) is 7.99. The second-order valence-corrected chi connectivity index (χ2v) is 7.99. The van der Waals surface area contributed by atoms with E-state index in [-0.39, 0.29) is 8.85 Å². The maximum absolute atomic E-state index is 2.41. The lowest BCUT2D eigenvalue weighted by Crippen LogP contribution is -1.93. The molecule has 0 radical (unpaired) electrons. The summed E-state index contributed by atoms with van der Waals surface area (Å²) in [6.07, 6.45) is 0. The van der Waals surface area contributed by atoms with E-state index in [2.05, 4.69) is 108 Å². The maximum Gasteiger partial charge on any atom is 0.0491 e. The number of fused-ring (bicyclic) bond motifs is 6. The minimum Gasteiger partial charge on any atom is -0.341 e. The van der Waals surface area contributed by atoms with Crippen LogP contribution in [0.4, 0.5) is 0 Å². The van der Waals surface area contributed by atoms with E-state index in [0.29, 0.717) is 0 Å². The molecule has 0 amide bonds. The minimum absolute atomic E-state index is 0. The van der Waals surface area contributed by atoms with Gasteiger partial charge >= 0.3 is 0 Å². The Morgan fingerprint density at radius 3 is 1.32 bits per heavy atom. The lowest BCUT2D eigenvalue weighted by Gasteiger charge is -2.06. The molecule has 2 heteroatoms. The summed E-state index contributed by atoms with van der Waals surface area (Å²) in [5.74, 6) is 0. The molecule has 0 aliphatic carbocycles. The largest absolute Gasteiger partial charge is 0.341 e. The van der Waals surface area contributed by atoms with Crippen molar-refractivity contribution < 1.29 is 1.43 Å². The van der Waals surface area contributed by atoms with Gasteiger partial charge in [-0.05, 0) is 61.4 Å². The first-order chi connectivity index (χ1) is 14.8. The van der Waals surface area contributed by atoms with E-state index in [0.717, 1.165) is 13.1 Å². The number of rotatable bonds is 3. The summed E-state index contributed by atoms with van der Waals surface area (Å²) in [6.45, 7) is 6.39. The van der Waals surface area contributed by atoms with Crippen molar-refractivity contribution in [1.82, 2.24) is 9.13 Å². The van der Waals surface area contributed by atoms with E-state index in [4.69, 9.17) is 0 Å². The van der Waals surface area contributed by atoms with Gasteiger partial charge in [0.25, 0.3) is 0 Å². The van der Waals surface area contributed by atoms with Gasteiger partial charge in [-0.25, -0.2) is 0 Å². The lowest BCUT2D eigenvalue weighted by molar-refractivity contribution is 0.827. The van der Waals surface area contributed by atoms with Crippen molar-refractivity contribution in [3.8, 4) is 11.1 Å². The fourth-order valence-electron chi connectivity index (χ4n) is 5.15. The molecule has 0 fully saturated rings. The van der Waals surface area contributed by atoms with Gasteiger partial charge in [-0.3, -0.25) is 0 Å². The Balaban J connectivity index is 0.00000122. The fraction of sp³-hybridized carbons (Fsp3) is 0.172. The van der Waals surface area contributed by atoms with Crippen molar-refractivity contribution in [3.05, 3.63) is 84.9 Å². The summed E-state index contributed by atoms with van der Waals surface area (Å²) in [5, 5.41) is 5.33. The van der Waals surface area contributed by atoms with E-state index in [1.807, 2.05) is 0 Å². The van der Waals surface area contributed by atoms with Gasteiger partial charge in [-0.1, -0.05) is 56.0 Å². The Hall–Kier alpha value is -3.52. The van der Waals surface area contributed by atoms with Crippen LogP contribution in [0.2, 0.25) is 0 Å². The van der Waals surface area contributed by atoms with Crippen molar-refractivity contribution in [2.24, 2.45) is 0 Å². The molecule has 0 aliphatic rings. The predicted octanol–water partition coefficient (Wildman–Crippen LogP) is 8.49. The molecule has 2 nitrogen and oxygen atoms in total. The third kappa shape index (κ3) is 2.71. The first-order valence-corrected chi connectivity index (χ1v) is 10.8. The van der Waals surface area contributed by atoms with Crippen molar-refractivity contribution in [3.63, 3.8) is 0 Å². The first-order valence-electron chi connectivity index (χ1n) is 10.8. The lowest BCUT2D eigenvalue weighted by atomic mass is 10.0. The molecular formula is C29H30N2. The minimum atomic E-state index is 0. The average Bonchev–Trinajstić information content (AvgIpc) is 3.30. The Bertz CT molecular complexity index is 1450. The van der Waals surface area contributed by atoms with Crippen LogP contribution in [-0.4, -0.2) is 9.13 Å². The summed E-state index contributed by atoms with van der Waals surface area (Å²) in [7, 11) is 0. The van der Waals surface area contributed by atoms with Crippen LogP contribution in [0.1, 0.15) is 22.7 Å². The van der Waals surface area contributed by atoms with Gasteiger partial charge < -0.3 is 9.13 Å². The zero-order valence-electron chi connectivity index (χ0n) is 17.4. The van der Waals surface area contributed by atoms with Crippen LogP contribution in [0, 0.1) is 0 Å². The van der Waals surface area contributed by atoms with Crippen molar-refractivity contribution in [2.75, 3.05) is 0 Å². The molecular weight excluding hydrogens is 376 g/mol. The highest BCUT2D eigenvalue weighted by atomic mass is 15.0. The van der Waals surface area contributed by atoms with Gasteiger partial charge in [-0.2, -0.15) is 0 Å². The van der Waals surface area contributed by atoms with Crippen LogP contribution in [0.15, 0.2) is 84.9 Å². The second kappa shape index (κ2) is 7.31. The smallest absolute Gasteiger partial charge is 0.0491 e. The number of hydrogen-bond donors (Lipinski definition) is 0. The van der Waals surface area contributed by atoms with Crippen LogP contribution in [0.5, 0.6) is 0 Å². The van der Waals surface area contributed by atoms with Crippen molar-refractivity contribution >= 4 is 43.6 Å². The maximum atomic E-state index is 2.41. The molecule has 0 N–H and O–H groups in total. The van der Waals surface area contributed by atoms with Crippen LogP contribution >= 0.6 is 0 Å². The fourth-order valence-corrected chi connectivity index (χ4v) is 5.15. The molecule has 2 aromatic heterocycles. The van der Waals surface area contributed by atoms with E-state index in [9.17, 15) is 0 Å². The number of para-hydroxylation sites is 2. The van der Waals surface area contributed by atoms with Gasteiger partial charge in [0.05, 0.1) is 0 Å². The highest BCUT2D eigenvalue weighted by molar-refractivity contribution is 6.11. The monoisotopic (exact) mass is 406 g/mol. The molecule has 6 rings (SSSR count). The molecule has 0 spiro atoms. The predicted molar refractivity (Wildman–Crippen MR) is 138 cm³/mol. The third-order valence-corrected chi connectivity index (χ3v) is 6.51. The van der Waals surface area contributed by atoms with Gasteiger partial charge in [0.2, 0.25) is 0 Å². The topological polar surface area (TPSA) is 9.86 Å². The Kier molecular flexibility index (Phi) is 4.59. The quantitative estimate of drug-likeness (QED) is 0.279. The normalized spacial score (nSPS) is 11.5. The molecule has 156 valence electrons. The van der Waals surface area contributed by atoms with Gasteiger partial charge in [0, 0.05) is 58.1 Å². The molecule has 0 saturated carbocycles. The number of aryl methyl sites for hydroxylation is 2. The SMILES string of the molecule is C.CCn1c2ccccc2c2cc(-c3ccc4c(c3)c3ccccc3n4CC)ccc21.[HH]. The highest BCUT2D eigenvalue weighted by Gasteiger charge is 2.13. The van der Waals surface area contributed by atoms with Crippen LogP contribution < -0.4 is 0 Å². The molecule has 4 aromatic carbocycles. The standard InChI is InChI=1S/C28H24N2.CH4.H2/c1-3-29-25-11-7-5-9-21(25)23-17-19(13-15-27(23)29)20-14-16-28-24(18-20)22-10-6-8-12-26(22)30(28)4-2;;/h5-18H,3-4H2,1-2H3;1H4;1H. The van der Waals surface area contributed by atoms with Crippen LogP contribution in [0.3, 0.4) is 0 Å². The number of benzene rings is 4. The highest BCUT2D eigenvalue weighted by Crippen LogP contribution is 2.35.